The molecule has 0 fully saturated rings. The Bertz CT molecular complexity index is 1920. The quantitative estimate of drug-likeness (QED) is 0.324. The summed E-state index contributed by atoms with van der Waals surface area (Å²) in [6.45, 7) is 3.81. The van der Waals surface area contributed by atoms with Crippen LogP contribution < -0.4 is 10.9 Å². The van der Waals surface area contributed by atoms with Crippen LogP contribution in [-0.2, 0) is 11.8 Å². The highest BCUT2D eigenvalue weighted by Crippen LogP contribution is 2.32. The predicted octanol–water partition coefficient (Wildman–Crippen LogP) is 3.64. The number of nitrogens with one attached hydrogen (secondary N) is 1. The van der Waals surface area contributed by atoms with Crippen molar-refractivity contribution in [2.24, 2.45) is 13.0 Å². The topological polar surface area (TPSA) is 163 Å². The number of rotatable bonds is 4. The van der Waals surface area contributed by atoms with Crippen molar-refractivity contribution in [1.29, 1.82) is 0 Å². The molecule has 218 valence electrons. The normalized spacial score (nSPS) is 17.0. The number of benzene rings is 1. The summed E-state index contributed by atoms with van der Waals surface area (Å²) in [6.07, 6.45) is 8.11. The third-order valence-electron chi connectivity index (χ3n) is 7.73. The lowest BCUT2D eigenvalue weighted by Gasteiger charge is -2.23. The van der Waals surface area contributed by atoms with Crippen molar-refractivity contribution < 1.29 is 14.7 Å². The molecule has 43 heavy (non-hydrogen) atoms. The second-order valence-electron chi connectivity index (χ2n) is 10.7. The van der Waals surface area contributed by atoms with Crippen molar-refractivity contribution >= 4 is 17.6 Å². The zero-order valence-electron chi connectivity index (χ0n) is 23.8. The van der Waals surface area contributed by atoms with Gasteiger partial charge in [-0.1, -0.05) is 30.2 Å². The van der Waals surface area contributed by atoms with Gasteiger partial charge in [0.1, 0.15) is 5.69 Å². The van der Waals surface area contributed by atoms with Crippen LogP contribution in [0.15, 0.2) is 66.1 Å². The van der Waals surface area contributed by atoms with Crippen LogP contribution in [0.25, 0.3) is 28.3 Å². The van der Waals surface area contributed by atoms with Crippen LogP contribution in [0.3, 0.4) is 0 Å². The summed E-state index contributed by atoms with van der Waals surface area (Å²) in [4.78, 5) is 47.3. The predicted molar refractivity (Wildman–Crippen MR) is 157 cm³/mol. The van der Waals surface area contributed by atoms with E-state index < -0.39 is 5.97 Å². The van der Waals surface area contributed by atoms with Crippen molar-refractivity contribution in [2.75, 3.05) is 5.32 Å². The number of anilines is 1. The van der Waals surface area contributed by atoms with Crippen molar-refractivity contribution in [3.8, 4) is 28.3 Å². The number of carbonyl (C=O) groups is 2. The number of carbonyl (C=O) groups excluding carboxylic acids is 1. The lowest BCUT2D eigenvalue weighted by molar-refractivity contribution is -0.119. The second kappa shape index (κ2) is 11.1. The van der Waals surface area contributed by atoms with Crippen LogP contribution in [0.5, 0.6) is 0 Å². The molecule has 1 aliphatic rings. The Kier molecular flexibility index (Phi) is 7.14. The molecule has 2 atom stereocenters. The van der Waals surface area contributed by atoms with Crippen LogP contribution in [-0.4, -0.2) is 56.3 Å². The third kappa shape index (κ3) is 5.32. The van der Waals surface area contributed by atoms with Crippen LogP contribution >= 0.6 is 0 Å². The average Bonchev–Trinajstić information content (AvgIpc) is 3.62. The van der Waals surface area contributed by atoms with E-state index in [1.807, 2.05) is 38.1 Å². The summed E-state index contributed by atoms with van der Waals surface area (Å²) in [6, 6.07) is 10.4. The maximum absolute atomic E-state index is 13.8. The van der Waals surface area contributed by atoms with Gasteiger partial charge >= 0.3 is 5.97 Å². The molecule has 13 nitrogen and oxygen atoms in total. The molecule has 2 N–H and O–H groups in total. The van der Waals surface area contributed by atoms with Gasteiger partial charge in [-0.3, -0.25) is 23.8 Å². The summed E-state index contributed by atoms with van der Waals surface area (Å²) in [5.41, 5.74) is 4.81. The van der Waals surface area contributed by atoms with Crippen LogP contribution in [0.1, 0.15) is 53.8 Å². The standard InChI is InChI=1S/C30H29N9O4/c1-17-7-8-26(39-15-24(30(42)43)35-36-39)20(11-17)21-13-27(40)38(16-32-21)25-6-4-5-18(2)29(41)34-23-14-33-37(3)28(23)22-12-19(25)9-10-31-22/h7-16,18,25H,4-6H2,1-3H3,(H,34,41)(H,42,43)/t18-,25+/m1/s1. The molecule has 1 aliphatic heterocycles. The molecule has 0 saturated heterocycles. The lowest BCUT2D eigenvalue weighted by atomic mass is 9.95. The van der Waals surface area contributed by atoms with E-state index in [-0.39, 0.29) is 29.1 Å². The fourth-order valence-corrected chi connectivity index (χ4v) is 5.41. The first-order chi connectivity index (χ1) is 20.7. The Balaban J connectivity index is 1.43. The van der Waals surface area contributed by atoms with Gasteiger partial charge in [0.15, 0.2) is 5.69 Å². The zero-order chi connectivity index (χ0) is 30.2. The fourth-order valence-electron chi connectivity index (χ4n) is 5.41. The average molecular weight is 580 g/mol. The summed E-state index contributed by atoms with van der Waals surface area (Å²) < 4.78 is 4.64. The first-order valence-electron chi connectivity index (χ1n) is 13.8. The van der Waals surface area contributed by atoms with E-state index in [0.717, 1.165) is 11.1 Å². The number of aryl methyl sites for hydroxylation is 2. The number of pyridine rings is 1. The maximum Gasteiger partial charge on any atom is 0.358 e. The van der Waals surface area contributed by atoms with Crippen molar-refractivity contribution in [2.45, 2.75) is 39.2 Å². The molecule has 4 aromatic heterocycles. The Morgan fingerprint density at radius 1 is 1.07 bits per heavy atom. The Morgan fingerprint density at radius 3 is 2.67 bits per heavy atom. The largest absolute Gasteiger partial charge is 0.476 e. The van der Waals surface area contributed by atoms with Gasteiger partial charge < -0.3 is 10.4 Å². The van der Waals surface area contributed by atoms with Gasteiger partial charge in [0.2, 0.25) is 5.91 Å². The number of aromatic nitrogens is 8. The summed E-state index contributed by atoms with van der Waals surface area (Å²) in [5, 5.41) is 24.3. The number of carboxylic acid groups (broad SMARTS) is 1. The lowest BCUT2D eigenvalue weighted by Crippen LogP contribution is -2.26. The van der Waals surface area contributed by atoms with Gasteiger partial charge in [0, 0.05) is 30.8 Å². The van der Waals surface area contributed by atoms with Crippen LogP contribution in [0, 0.1) is 12.8 Å². The zero-order valence-corrected chi connectivity index (χ0v) is 23.8. The highest BCUT2D eigenvalue weighted by molar-refractivity contribution is 5.95. The van der Waals surface area contributed by atoms with Crippen molar-refractivity contribution in [1.82, 2.24) is 39.3 Å². The van der Waals surface area contributed by atoms with Gasteiger partial charge in [-0.05, 0) is 49.6 Å². The Labute approximate surface area is 245 Å². The molecule has 0 radical (unpaired) electrons. The van der Waals surface area contributed by atoms with E-state index in [9.17, 15) is 19.5 Å². The first-order valence-corrected chi connectivity index (χ1v) is 13.8. The minimum absolute atomic E-state index is 0.0949. The number of amides is 1. The van der Waals surface area contributed by atoms with Gasteiger partial charge in [0.25, 0.3) is 5.56 Å². The van der Waals surface area contributed by atoms with Gasteiger partial charge in [-0.15, -0.1) is 5.10 Å². The number of carboxylic acids is 1. The molecule has 1 amide bonds. The number of fused-ring (bicyclic) bond motifs is 4. The molecule has 0 aliphatic carbocycles. The fraction of sp³-hybridized carbons (Fsp3) is 0.267. The van der Waals surface area contributed by atoms with E-state index in [2.05, 4.69) is 30.7 Å². The SMILES string of the molecule is Cc1ccc(-n2cc(C(=O)O)nn2)c(-c2cc(=O)n([C@H]3CCC[C@@H](C)C(=O)Nc4cnn(C)c4-c4cc3ccn4)cn2)c1. The van der Waals surface area contributed by atoms with Crippen LogP contribution in [0.2, 0.25) is 0 Å². The Hall–Kier alpha value is -5.46. The highest BCUT2D eigenvalue weighted by atomic mass is 16.4. The minimum atomic E-state index is -1.19. The minimum Gasteiger partial charge on any atom is -0.476 e. The first kappa shape index (κ1) is 27.7. The third-order valence-corrected chi connectivity index (χ3v) is 7.73. The number of aromatic carboxylic acids is 1. The summed E-state index contributed by atoms with van der Waals surface area (Å²) in [7, 11) is 1.79. The molecule has 0 spiro atoms. The van der Waals surface area contributed by atoms with Crippen molar-refractivity contribution in [3.05, 3.63) is 88.5 Å². The molecule has 0 saturated carbocycles. The second-order valence-corrected chi connectivity index (χ2v) is 10.7. The maximum atomic E-state index is 13.8. The van der Waals surface area contributed by atoms with Crippen molar-refractivity contribution in [3.63, 3.8) is 0 Å². The number of nitrogens with zero attached hydrogens (tertiary/aromatic N) is 8. The van der Waals surface area contributed by atoms with E-state index in [0.29, 0.717) is 53.3 Å². The molecule has 5 aromatic rings. The van der Waals surface area contributed by atoms with E-state index in [1.54, 1.807) is 34.8 Å². The molecule has 1 aromatic carbocycles. The molecular formula is C30H29N9O4. The molecule has 6 rings (SSSR count). The smallest absolute Gasteiger partial charge is 0.358 e. The number of hydrogen-bond acceptors (Lipinski definition) is 8. The van der Waals surface area contributed by atoms with Gasteiger partial charge in [-0.25, -0.2) is 14.5 Å². The van der Waals surface area contributed by atoms with Gasteiger partial charge in [0.05, 0.1) is 47.5 Å². The molecule has 5 heterocycles. The summed E-state index contributed by atoms with van der Waals surface area (Å²) >= 11 is 0. The van der Waals surface area contributed by atoms with E-state index in [4.69, 9.17) is 0 Å². The highest BCUT2D eigenvalue weighted by Gasteiger charge is 2.24. The monoisotopic (exact) mass is 579 g/mol. The molecule has 2 bridgehead atoms. The molecule has 0 unspecified atom stereocenters. The van der Waals surface area contributed by atoms with Gasteiger partial charge in [-0.2, -0.15) is 5.10 Å². The molecular weight excluding hydrogens is 550 g/mol. The van der Waals surface area contributed by atoms with E-state index >= 15 is 0 Å². The molecule has 13 heteroatoms. The Morgan fingerprint density at radius 2 is 1.91 bits per heavy atom. The number of hydrogen-bond donors (Lipinski definition) is 2. The van der Waals surface area contributed by atoms with Crippen LogP contribution in [0.4, 0.5) is 5.69 Å². The van der Waals surface area contributed by atoms with E-state index in [1.165, 1.54) is 23.3 Å². The summed E-state index contributed by atoms with van der Waals surface area (Å²) in [5.74, 6) is -1.52.